The minimum atomic E-state index is -3.90. The molecule has 3 fully saturated rings. The monoisotopic (exact) mass is 203 g/mol. The summed E-state index contributed by atoms with van der Waals surface area (Å²) in [6.45, 7) is 4.10. The highest BCUT2D eigenvalue weighted by molar-refractivity contribution is 5.84. The molecule has 0 aliphatic heterocycles. The molecule has 0 spiro atoms. The zero-order valence-electron chi connectivity index (χ0n) is 9.52. The molecule has 14 heavy (non-hydrogen) atoms. The second-order valence-corrected chi connectivity index (χ2v) is 5.17. The molecule has 80 valence electrons. The van der Waals surface area contributed by atoms with Crippen LogP contribution in [0.3, 0.4) is 0 Å². The third kappa shape index (κ3) is 1.21. The predicted octanol–water partition coefficient (Wildman–Crippen LogP) is 2.89. The van der Waals surface area contributed by atoms with Gasteiger partial charge in [0.2, 0.25) is 5.78 Å². The van der Waals surface area contributed by atoms with Crippen LogP contribution in [0.2, 0.25) is 0 Å². The van der Waals surface area contributed by atoms with Crippen molar-refractivity contribution >= 4 is 5.78 Å². The van der Waals surface area contributed by atoms with Crippen LogP contribution < -0.4 is 0 Å². The summed E-state index contributed by atoms with van der Waals surface area (Å²) >= 11 is 0. The molecule has 0 saturated heterocycles. The fourth-order valence-corrected chi connectivity index (χ4v) is 3.26. The van der Waals surface area contributed by atoms with E-state index in [0.717, 1.165) is 12.8 Å². The third-order valence-electron chi connectivity index (χ3n) is 4.38. The first-order valence-corrected chi connectivity index (χ1v) is 5.16. The summed E-state index contributed by atoms with van der Waals surface area (Å²) in [6.07, 6.45) is -1.61. The minimum absolute atomic E-state index is 0.0177. The number of hydrogen-bond acceptors (Lipinski definition) is 1. The van der Waals surface area contributed by atoms with Gasteiger partial charge in [0.15, 0.2) is 0 Å². The Morgan fingerprint density at radius 3 is 2.57 bits per heavy atom. The lowest BCUT2D eigenvalue weighted by molar-refractivity contribution is -0.155. The van der Waals surface area contributed by atoms with E-state index >= 15 is 0 Å². The number of carbonyl (C=O) groups excluding carboxylic acids is 1. The van der Waals surface area contributed by atoms with E-state index in [1.807, 2.05) is 13.8 Å². The maximum absolute atomic E-state index is 12.7. The molecule has 3 atom stereocenters. The fraction of sp³-hybridized carbons (Fsp3) is 0.909. The molecule has 3 heteroatoms. The van der Waals surface area contributed by atoms with Gasteiger partial charge >= 0.3 is 0 Å². The van der Waals surface area contributed by atoms with Crippen LogP contribution >= 0.6 is 0 Å². The quantitative estimate of drug-likeness (QED) is 0.674. The summed E-state index contributed by atoms with van der Waals surface area (Å²) < 4.78 is 31.8. The maximum atomic E-state index is 12.7. The van der Waals surface area contributed by atoms with Gasteiger partial charge in [-0.1, -0.05) is 13.8 Å². The highest BCUT2D eigenvalue weighted by Gasteiger charge is 2.56. The molecule has 3 aliphatic rings. The number of rotatable bonds is 2. The highest BCUT2D eigenvalue weighted by Crippen LogP contribution is 2.61. The van der Waals surface area contributed by atoms with Crippen molar-refractivity contribution in [3.05, 3.63) is 0 Å². The zero-order chi connectivity index (χ0) is 11.4. The predicted molar refractivity (Wildman–Crippen MR) is 49.1 cm³/mol. The lowest BCUT2D eigenvalue weighted by Crippen LogP contribution is -2.54. The topological polar surface area (TPSA) is 17.1 Å². The molecular formula is C11H16F2O. The van der Waals surface area contributed by atoms with Crippen molar-refractivity contribution in [1.29, 1.82) is 0 Å². The fourth-order valence-electron chi connectivity index (χ4n) is 3.26. The Labute approximate surface area is 84.3 Å². The van der Waals surface area contributed by atoms with E-state index in [9.17, 15) is 13.6 Å². The summed E-state index contributed by atoms with van der Waals surface area (Å²) in [5, 5.41) is 0. The third-order valence-corrected chi connectivity index (χ3v) is 4.38. The SMILES string of the molecule is [2H]C(F)(F)C(=O)[C@H]1CC[C@H]2C[C@@H]1C2(C)C. The first-order chi connectivity index (χ1) is 6.74. The van der Waals surface area contributed by atoms with Crippen LogP contribution in [0, 0.1) is 23.2 Å². The van der Waals surface area contributed by atoms with Gasteiger partial charge < -0.3 is 0 Å². The number of halogens is 2. The van der Waals surface area contributed by atoms with Gasteiger partial charge in [-0.3, -0.25) is 4.79 Å². The van der Waals surface area contributed by atoms with Gasteiger partial charge in [0, 0.05) is 5.92 Å². The Morgan fingerprint density at radius 2 is 2.14 bits per heavy atom. The summed E-state index contributed by atoms with van der Waals surface area (Å²) in [7, 11) is 0. The van der Waals surface area contributed by atoms with E-state index in [1.54, 1.807) is 0 Å². The van der Waals surface area contributed by atoms with Gasteiger partial charge in [-0.2, -0.15) is 0 Å². The average molecular weight is 203 g/mol. The van der Waals surface area contributed by atoms with E-state index in [-0.39, 0.29) is 11.3 Å². The molecule has 0 N–H and O–H groups in total. The van der Waals surface area contributed by atoms with Crippen molar-refractivity contribution in [1.82, 2.24) is 0 Å². The van der Waals surface area contributed by atoms with Crippen LogP contribution in [0.1, 0.15) is 34.5 Å². The Kier molecular flexibility index (Phi) is 1.89. The van der Waals surface area contributed by atoms with Crippen LogP contribution in [-0.2, 0) is 4.79 Å². The lowest BCUT2D eigenvalue weighted by atomic mass is 9.45. The van der Waals surface area contributed by atoms with Crippen LogP contribution in [0.25, 0.3) is 0 Å². The first-order valence-electron chi connectivity index (χ1n) is 5.66. The Morgan fingerprint density at radius 1 is 1.50 bits per heavy atom. The average Bonchev–Trinajstić information content (AvgIpc) is 2.15. The molecule has 0 aromatic heterocycles. The molecule has 3 saturated carbocycles. The molecule has 3 aliphatic carbocycles. The smallest absolute Gasteiger partial charge is 0.293 e. The molecule has 0 heterocycles. The molecule has 1 nitrogen and oxygen atoms in total. The summed E-state index contributed by atoms with van der Waals surface area (Å²) in [6, 6.07) is 0. The zero-order valence-corrected chi connectivity index (χ0v) is 8.52. The first kappa shape index (κ1) is 8.81. The van der Waals surface area contributed by atoms with Gasteiger partial charge in [-0.25, -0.2) is 8.78 Å². The van der Waals surface area contributed by atoms with Crippen molar-refractivity contribution in [3.63, 3.8) is 0 Å². The molecule has 0 aromatic rings. The number of carbonyl (C=O) groups is 1. The molecule has 0 amide bonds. The Balaban J connectivity index is 2.15. The summed E-state index contributed by atoms with van der Waals surface area (Å²) in [5.74, 6) is -1.10. The van der Waals surface area contributed by atoms with Crippen molar-refractivity contribution in [3.8, 4) is 0 Å². The Hall–Kier alpha value is -0.470. The van der Waals surface area contributed by atoms with Crippen molar-refractivity contribution in [2.24, 2.45) is 23.2 Å². The van der Waals surface area contributed by atoms with Gasteiger partial charge in [-0.05, 0) is 36.5 Å². The van der Waals surface area contributed by atoms with Crippen LogP contribution in [-0.4, -0.2) is 12.2 Å². The van der Waals surface area contributed by atoms with Crippen LogP contribution in [0.4, 0.5) is 8.78 Å². The van der Waals surface area contributed by atoms with E-state index < -0.39 is 18.1 Å². The van der Waals surface area contributed by atoms with Gasteiger partial charge in [0.1, 0.15) is 1.37 Å². The number of fused-ring (bicyclic) bond motifs is 2. The van der Waals surface area contributed by atoms with E-state index in [0.29, 0.717) is 12.3 Å². The van der Waals surface area contributed by atoms with E-state index in [1.165, 1.54) is 0 Å². The lowest BCUT2D eigenvalue weighted by Gasteiger charge is -2.59. The van der Waals surface area contributed by atoms with E-state index in [2.05, 4.69) is 0 Å². The summed E-state index contributed by atoms with van der Waals surface area (Å²) in [5.41, 5.74) is 0.0177. The van der Waals surface area contributed by atoms with Crippen LogP contribution in [0.15, 0.2) is 0 Å². The van der Waals surface area contributed by atoms with Gasteiger partial charge in [0.05, 0.1) is 0 Å². The normalized spacial score (nSPS) is 41.1. The molecule has 3 rings (SSSR count). The van der Waals surface area contributed by atoms with Gasteiger partial charge in [-0.15, -0.1) is 0 Å². The molecular weight excluding hydrogens is 186 g/mol. The maximum Gasteiger partial charge on any atom is 0.296 e. The molecule has 2 bridgehead atoms. The standard InChI is InChI=1S/C11H16F2O/c1-11(2)6-3-4-7(8(11)5-6)9(14)10(12)13/h6-8,10H,3-5H2,1-2H3/t6-,7-,8-/m0/s1/i10D. The van der Waals surface area contributed by atoms with Crippen molar-refractivity contribution in [2.75, 3.05) is 0 Å². The Bertz CT molecular complexity index is 293. The minimum Gasteiger partial charge on any atom is -0.293 e. The molecule has 0 radical (unpaired) electrons. The van der Waals surface area contributed by atoms with E-state index in [4.69, 9.17) is 1.37 Å². The molecule has 0 aromatic carbocycles. The van der Waals surface area contributed by atoms with Gasteiger partial charge in [0.25, 0.3) is 6.40 Å². The second-order valence-electron chi connectivity index (χ2n) is 5.17. The van der Waals surface area contributed by atoms with Crippen molar-refractivity contribution < 1.29 is 14.9 Å². The number of hydrogen-bond donors (Lipinski definition) is 0. The second kappa shape index (κ2) is 3.01. The highest BCUT2D eigenvalue weighted by atomic mass is 19.3. The van der Waals surface area contributed by atoms with Crippen molar-refractivity contribution in [2.45, 2.75) is 39.5 Å². The van der Waals surface area contributed by atoms with Crippen LogP contribution in [0.5, 0.6) is 0 Å². The number of alkyl halides is 2. The number of Topliss-reactive ketones (excluding diaryl/α,β-unsaturated/α-hetero) is 1. The largest absolute Gasteiger partial charge is 0.296 e. The summed E-state index contributed by atoms with van der Waals surface area (Å²) in [4.78, 5) is 11.4. The number of ketones is 1. The molecule has 0 unspecified atom stereocenters.